The van der Waals surface area contributed by atoms with E-state index in [2.05, 4.69) is 29.6 Å². The Balaban J connectivity index is 2.02. The van der Waals surface area contributed by atoms with Gasteiger partial charge in [-0.3, -0.25) is 4.79 Å². The van der Waals surface area contributed by atoms with Gasteiger partial charge in [0.2, 0.25) is 11.2 Å². The number of hydrogen-bond acceptors (Lipinski definition) is 1. The van der Waals surface area contributed by atoms with Gasteiger partial charge in [0, 0.05) is 12.5 Å². The van der Waals surface area contributed by atoms with Gasteiger partial charge in [-0.15, -0.1) is 0 Å². The average molecular weight is 217 g/mol. The number of aryl methyl sites for hydroxylation is 2. The molecule has 1 unspecified atom stereocenters. The lowest BCUT2D eigenvalue weighted by Crippen LogP contribution is -1.86. The molecule has 2 rings (SSSR count). The minimum absolute atomic E-state index is 0.0469. The number of thiophene rings is 1. The van der Waals surface area contributed by atoms with E-state index in [4.69, 9.17) is 0 Å². The molecule has 76 valence electrons. The van der Waals surface area contributed by atoms with Crippen molar-refractivity contribution in [1.29, 1.82) is 0 Å². The van der Waals surface area contributed by atoms with Crippen LogP contribution < -0.4 is 0 Å². The van der Waals surface area contributed by atoms with E-state index in [-0.39, 0.29) is 10.5 Å². The molecule has 0 aliphatic rings. The topological polar surface area (TPSA) is 17.1 Å². The molecule has 0 aliphatic carbocycles. The van der Waals surface area contributed by atoms with E-state index in [1.807, 2.05) is 18.2 Å². The summed E-state index contributed by atoms with van der Waals surface area (Å²) in [5.74, 6) is 1.05. The van der Waals surface area contributed by atoms with E-state index in [9.17, 15) is 4.79 Å². The number of hydrogen-bond donors (Lipinski definition) is 0. The third-order valence-corrected chi connectivity index (χ3v) is 4.34. The van der Waals surface area contributed by atoms with E-state index >= 15 is 0 Å². The molecule has 0 fully saturated rings. The Morgan fingerprint density at radius 1 is 1.07 bits per heavy atom. The zero-order valence-corrected chi connectivity index (χ0v) is 9.24. The van der Waals surface area contributed by atoms with Crippen LogP contribution >= 0.6 is 10.5 Å². The first-order valence-electron chi connectivity index (χ1n) is 4.97. The normalized spacial score (nSPS) is 11.3. The maximum atomic E-state index is 10.7. The number of carbonyl (C=O) groups is 1. The smallest absolute Gasteiger partial charge is 0.213 e. The van der Waals surface area contributed by atoms with Crippen LogP contribution in [0.2, 0.25) is 0 Å². The summed E-state index contributed by atoms with van der Waals surface area (Å²) >= 11 is 0. The van der Waals surface area contributed by atoms with E-state index in [0.29, 0.717) is 0 Å². The van der Waals surface area contributed by atoms with Gasteiger partial charge in [0.25, 0.3) is 0 Å². The molecular formula is C13H13OS+. The third-order valence-electron chi connectivity index (χ3n) is 2.38. The van der Waals surface area contributed by atoms with Gasteiger partial charge < -0.3 is 0 Å². The molecule has 0 N–H and O–H groups in total. The monoisotopic (exact) mass is 217 g/mol. The van der Waals surface area contributed by atoms with E-state index in [0.717, 1.165) is 23.3 Å². The maximum absolute atomic E-state index is 10.7. The summed E-state index contributed by atoms with van der Waals surface area (Å²) in [6, 6.07) is 14.3. The second kappa shape index (κ2) is 4.89. The SMILES string of the molecule is O=Cc1ccc[s+]1CCc1ccccc1. The predicted octanol–water partition coefficient (Wildman–Crippen LogP) is 3.49. The van der Waals surface area contributed by atoms with Gasteiger partial charge >= 0.3 is 0 Å². The van der Waals surface area contributed by atoms with Gasteiger partial charge in [-0.25, -0.2) is 0 Å². The second-order valence-electron chi connectivity index (χ2n) is 3.38. The van der Waals surface area contributed by atoms with Crippen LogP contribution in [0.5, 0.6) is 0 Å². The van der Waals surface area contributed by atoms with Crippen molar-refractivity contribution in [3.8, 4) is 0 Å². The Hall–Kier alpha value is -1.41. The van der Waals surface area contributed by atoms with Crippen molar-refractivity contribution in [3.05, 3.63) is 58.3 Å². The standard InChI is InChI=1S/C13H13OS/c14-11-13-7-4-9-15(13)10-8-12-5-2-1-3-6-12/h1-7,9,11H,8,10H2/q+1. The molecule has 2 aromatic rings. The molecule has 1 atom stereocenters. The van der Waals surface area contributed by atoms with E-state index in [1.54, 1.807) is 0 Å². The molecular weight excluding hydrogens is 204 g/mol. The zero-order valence-electron chi connectivity index (χ0n) is 8.43. The summed E-state index contributed by atoms with van der Waals surface area (Å²) in [6.07, 6.45) is 2.02. The molecule has 0 saturated heterocycles. The highest BCUT2D eigenvalue weighted by molar-refractivity contribution is 7.30. The fourth-order valence-electron chi connectivity index (χ4n) is 1.55. The summed E-state index contributed by atoms with van der Waals surface area (Å²) in [5.41, 5.74) is 1.34. The first-order chi connectivity index (χ1) is 7.40. The third kappa shape index (κ3) is 2.54. The molecule has 1 heterocycles. The molecule has 0 bridgehead atoms. The molecule has 0 saturated carbocycles. The Bertz CT molecular complexity index is 431. The number of benzene rings is 1. The molecule has 15 heavy (non-hydrogen) atoms. The van der Waals surface area contributed by atoms with Crippen LogP contribution in [-0.2, 0) is 12.2 Å². The van der Waals surface area contributed by atoms with Crippen LogP contribution in [-0.4, -0.2) is 6.29 Å². The van der Waals surface area contributed by atoms with Crippen molar-refractivity contribution in [2.45, 2.75) is 12.2 Å². The van der Waals surface area contributed by atoms with Crippen molar-refractivity contribution in [1.82, 2.24) is 0 Å². The van der Waals surface area contributed by atoms with Gasteiger partial charge in [0.15, 0.2) is 0 Å². The van der Waals surface area contributed by atoms with Gasteiger partial charge in [-0.2, -0.15) is 0 Å². The summed E-state index contributed by atoms with van der Waals surface area (Å²) in [6.45, 7) is 0. The van der Waals surface area contributed by atoms with E-state index < -0.39 is 0 Å². The van der Waals surface area contributed by atoms with Crippen molar-refractivity contribution in [2.75, 3.05) is 0 Å². The fourth-order valence-corrected chi connectivity index (χ4v) is 3.18. The highest BCUT2D eigenvalue weighted by atomic mass is 32.2. The first-order valence-corrected chi connectivity index (χ1v) is 6.43. The molecule has 1 aromatic heterocycles. The van der Waals surface area contributed by atoms with Crippen LogP contribution in [0.1, 0.15) is 15.2 Å². The molecule has 0 spiro atoms. The quantitative estimate of drug-likeness (QED) is 0.566. The Labute approximate surface area is 92.4 Å². The van der Waals surface area contributed by atoms with Gasteiger partial charge in [0.1, 0.15) is 11.1 Å². The molecule has 2 heteroatoms. The Morgan fingerprint density at radius 2 is 1.87 bits per heavy atom. The van der Waals surface area contributed by atoms with Crippen molar-refractivity contribution in [2.24, 2.45) is 0 Å². The number of carbonyl (C=O) groups excluding carboxylic acids is 1. The van der Waals surface area contributed by atoms with E-state index in [1.165, 1.54) is 5.56 Å². The summed E-state index contributed by atoms with van der Waals surface area (Å²) < 4.78 is 0. The number of aldehydes is 1. The highest BCUT2D eigenvalue weighted by Gasteiger charge is 2.11. The van der Waals surface area contributed by atoms with Gasteiger partial charge in [-0.1, -0.05) is 30.3 Å². The van der Waals surface area contributed by atoms with Crippen molar-refractivity contribution < 1.29 is 4.79 Å². The largest absolute Gasteiger partial charge is 0.293 e. The first kappa shape index (κ1) is 10.1. The summed E-state index contributed by atoms with van der Waals surface area (Å²) in [4.78, 5) is 11.7. The molecule has 0 radical (unpaired) electrons. The Morgan fingerprint density at radius 3 is 2.60 bits per heavy atom. The van der Waals surface area contributed by atoms with Crippen LogP contribution in [0.3, 0.4) is 0 Å². The number of rotatable bonds is 4. The summed E-state index contributed by atoms with van der Waals surface area (Å²) in [7, 11) is 0.0469. The lowest BCUT2D eigenvalue weighted by Gasteiger charge is -1.95. The molecule has 1 nitrogen and oxygen atoms in total. The van der Waals surface area contributed by atoms with Crippen molar-refractivity contribution >= 4 is 16.8 Å². The maximum Gasteiger partial charge on any atom is 0.213 e. The predicted molar refractivity (Wildman–Crippen MR) is 64.5 cm³/mol. The second-order valence-corrected chi connectivity index (χ2v) is 5.39. The van der Waals surface area contributed by atoms with Gasteiger partial charge in [0.05, 0.1) is 0 Å². The minimum atomic E-state index is 0.0469. The van der Waals surface area contributed by atoms with Crippen LogP contribution in [0.25, 0.3) is 0 Å². The molecule has 1 aromatic carbocycles. The van der Waals surface area contributed by atoms with Crippen LogP contribution in [0.4, 0.5) is 0 Å². The fraction of sp³-hybridized carbons (Fsp3) is 0.154. The molecule has 0 aliphatic heterocycles. The lowest BCUT2D eigenvalue weighted by atomic mass is 10.2. The average Bonchev–Trinajstić information content (AvgIpc) is 2.75. The van der Waals surface area contributed by atoms with Gasteiger partial charge in [-0.05, 0) is 22.1 Å². The highest BCUT2D eigenvalue weighted by Crippen LogP contribution is 2.25. The van der Waals surface area contributed by atoms with Crippen LogP contribution in [0.15, 0.2) is 47.8 Å². The lowest BCUT2D eigenvalue weighted by molar-refractivity contribution is 0.112. The molecule has 0 amide bonds. The van der Waals surface area contributed by atoms with Crippen LogP contribution in [0, 0.1) is 0 Å². The minimum Gasteiger partial charge on any atom is -0.293 e. The summed E-state index contributed by atoms with van der Waals surface area (Å²) in [5, 5.41) is 2.13. The van der Waals surface area contributed by atoms with Crippen molar-refractivity contribution in [3.63, 3.8) is 0 Å². The Kier molecular flexibility index (Phi) is 3.30. The zero-order chi connectivity index (χ0) is 10.5.